The third-order valence-corrected chi connectivity index (χ3v) is 5.84. The van der Waals surface area contributed by atoms with Gasteiger partial charge >= 0.3 is 0 Å². The summed E-state index contributed by atoms with van der Waals surface area (Å²) >= 11 is 0. The van der Waals surface area contributed by atoms with E-state index in [0.29, 0.717) is 24.5 Å². The van der Waals surface area contributed by atoms with Crippen LogP contribution in [0.3, 0.4) is 0 Å². The molecule has 6 heteroatoms. The fourth-order valence-corrected chi connectivity index (χ4v) is 4.41. The molecule has 30 heavy (non-hydrogen) atoms. The van der Waals surface area contributed by atoms with Gasteiger partial charge in [0.25, 0.3) is 0 Å². The number of ether oxygens (including phenoxy) is 2. The zero-order chi connectivity index (χ0) is 21.3. The van der Waals surface area contributed by atoms with Gasteiger partial charge in [-0.1, -0.05) is 42.0 Å². The smallest absolute Gasteiger partial charge is 0.210 e. The van der Waals surface area contributed by atoms with Crippen molar-refractivity contribution in [2.24, 2.45) is 0 Å². The normalized spacial score (nSPS) is 17.1. The summed E-state index contributed by atoms with van der Waals surface area (Å²) in [6.45, 7) is 2.63. The average Bonchev–Trinajstić information content (AvgIpc) is 3.13. The third-order valence-electron chi connectivity index (χ3n) is 5.84. The van der Waals surface area contributed by atoms with Gasteiger partial charge in [0, 0.05) is 34.9 Å². The quantitative estimate of drug-likeness (QED) is 0.326. The topological polar surface area (TPSA) is 66.5 Å². The molecule has 0 amide bonds. The van der Waals surface area contributed by atoms with Crippen molar-refractivity contribution in [2.45, 2.75) is 32.2 Å². The number of aryl methyl sites for hydroxylation is 1. The van der Waals surface area contributed by atoms with Crippen molar-refractivity contribution in [1.82, 2.24) is 4.57 Å². The van der Waals surface area contributed by atoms with Gasteiger partial charge in [0.2, 0.25) is 6.54 Å². The molecule has 3 aromatic rings. The molecular formula is C24H26N2O4. The Labute approximate surface area is 175 Å². The lowest BCUT2D eigenvalue weighted by Crippen LogP contribution is -2.15. The molecule has 0 saturated carbocycles. The van der Waals surface area contributed by atoms with Crippen molar-refractivity contribution in [2.75, 3.05) is 20.8 Å². The Kier molecular flexibility index (Phi) is 5.48. The minimum atomic E-state index is -0.245. The summed E-state index contributed by atoms with van der Waals surface area (Å²) in [7, 11) is 3.26. The second-order valence-electron chi connectivity index (χ2n) is 7.74. The fraction of sp³-hybridized carbons (Fsp3) is 0.333. The molecule has 0 fully saturated rings. The van der Waals surface area contributed by atoms with Gasteiger partial charge in [-0.3, -0.25) is 10.1 Å². The molecule has 1 unspecified atom stereocenters. The van der Waals surface area contributed by atoms with Crippen LogP contribution in [-0.2, 0) is 6.54 Å². The minimum Gasteiger partial charge on any atom is -0.496 e. The molecule has 0 saturated heterocycles. The van der Waals surface area contributed by atoms with Gasteiger partial charge in [0.15, 0.2) is 0 Å². The number of nitrogens with zero attached hydrogens (tertiary/aromatic N) is 2. The van der Waals surface area contributed by atoms with Crippen LogP contribution < -0.4 is 9.47 Å². The molecule has 6 nitrogen and oxygen atoms in total. The summed E-state index contributed by atoms with van der Waals surface area (Å²) in [6, 6.07) is 10.3. The van der Waals surface area contributed by atoms with E-state index in [4.69, 9.17) is 9.47 Å². The maximum absolute atomic E-state index is 11.5. The van der Waals surface area contributed by atoms with Crippen molar-refractivity contribution in [3.8, 4) is 22.6 Å². The molecular weight excluding hydrogens is 380 g/mol. The molecule has 1 atom stereocenters. The molecule has 1 aliphatic heterocycles. The summed E-state index contributed by atoms with van der Waals surface area (Å²) < 4.78 is 13.7. The van der Waals surface area contributed by atoms with Crippen LogP contribution in [-0.4, -0.2) is 30.3 Å². The van der Waals surface area contributed by atoms with Gasteiger partial charge in [0.05, 0.1) is 31.0 Å². The van der Waals surface area contributed by atoms with Crippen molar-refractivity contribution < 1.29 is 14.4 Å². The molecule has 2 heterocycles. The summed E-state index contributed by atoms with van der Waals surface area (Å²) in [4.78, 5) is 11.3. The summed E-state index contributed by atoms with van der Waals surface area (Å²) in [5, 5.41) is 12.5. The summed E-state index contributed by atoms with van der Waals surface area (Å²) in [6.07, 6.45) is 7.85. The highest BCUT2D eigenvalue weighted by molar-refractivity contribution is 6.03. The van der Waals surface area contributed by atoms with Gasteiger partial charge in [-0.15, -0.1) is 0 Å². The Morgan fingerprint density at radius 1 is 1.13 bits per heavy atom. The molecule has 0 spiro atoms. The van der Waals surface area contributed by atoms with Crippen molar-refractivity contribution in [3.63, 3.8) is 0 Å². The number of nitro groups is 1. The Morgan fingerprint density at radius 3 is 2.53 bits per heavy atom. The Bertz CT molecular complexity index is 1110. The number of benzene rings is 2. The first kappa shape index (κ1) is 20.0. The second-order valence-corrected chi connectivity index (χ2v) is 7.74. The van der Waals surface area contributed by atoms with Crippen LogP contribution in [0.25, 0.3) is 22.0 Å². The van der Waals surface area contributed by atoms with Gasteiger partial charge in [-0.2, -0.15) is 0 Å². The molecule has 0 bridgehead atoms. The van der Waals surface area contributed by atoms with Gasteiger partial charge < -0.3 is 14.0 Å². The van der Waals surface area contributed by atoms with E-state index in [-0.39, 0.29) is 17.4 Å². The first-order valence-electron chi connectivity index (χ1n) is 10.1. The highest BCUT2D eigenvalue weighted by Crippen LogP contribution is 2.46. The summed E-state index contributed by atoms with van der Waals surface area (Å²) in [5.41, 5.74) is 5.19. The van der Waals surface area contributed by atoms with Gasteiger partial charge in [0.1, 0.15) is 11.5 Å². The lowest BCUT2D eigenvalue weighted by Gasteiger charge is -2.20. The highest BCUT2D eigenvalue weighted by atomic mass is 16.6. The van der Waals surface area contributed by atoms with Crippen LogP contribution in [0, 0.1) is 17.0 Å². The third kappa shape index (κ3) is 3.54. The van der Waals surface area contributed by atoms with E-state index in [1.54, 1.807) is 14.2 Å². The molecule has 0 radical (unpaired) electrons. The maximum Gasteiger partial charge on any atom is 0.210 e. The predicted octanol–water partition coefficient (Wildman–Crippen LogP) is 5.34. The zero-order valence-corrected chi connectivity index (χ0v) is 17.6. The zero-order valence-electron chi connectivity index (χ0n) is 17.6. The molecule has 4 rings (SSSR count). The van der Waals surface area contributed by atoms with Crippen LogP contribution in [0.5, 0.6) is 11.5 Å². The first-order valence-corrected chi connectivity index (χ1v) is 10.1. The number of aromatic nitrogens is 1. The standard InChI is InChI=1S/C24H26N2O4/c1-16-8-10-17(11-9-16)19-15-25-12-6-4-5-7-18(14-26(27)28)22-20(29-2)13-21(30-3)23(19)24(22)25/h4,6,8-11,13,15,18H,5,7,12,14H2,1-3H3/b6-4-. The average molecular weight is 406 g/mol. The van der Waals surface area contributed by atoms with Crippen LogP contribution in [0.15, 0.2) is 48.7 Å². The number of hydrogen-bond acceptors (Lipinski definition) is 4. The van der Waals surface area contributed by atoms with Crippen LogP contribution >= 0.6 is 0 Å². The molecule has 156 valence electrons. The largest absolute Gasteiger partial charge is 0.496 e. The van der Waals surface area contributed by atoms with Crippen LogP contribution in [0.4, 0.5) is 0 Å². The predicted molar refractivity (Wildman–Crippen MR) is 118 cm³/mol. The number of methoxy groups -OCH3 is 2. The van der Waals surface area contributed by atoms with Crippen LogP contribution in [0.1, 0.15) is 29.9 Å². The molecule has 0 N–H and O–H groups in total. The Morgan fingerprint density at radius 2 is 1.87 bits per heavy atom. The minimum absolute atomic E-state index is 0.128. The maximum atomic E-state index is 11.5. The van der Waals surface area contributed by atoms with Crippen molar-refractivity contribution in [1.29, 1.82) is 0 Å². The van der Waals surface area contributed by atoms with Crippen LogP contribution in [0.2, 0.25) is 0 Å². The summed E-state index contributed by atoms with van der Waals surface area (Å²) in [5.74, 6) is 1.11. The molecule has 1 aromatic heterocycles. The van der Waals surface area contributed by atoms with Crippen molar-refractivity contribution >= 4 is 10.9 Å². The molecule has 2 aromatic carbocycles. The van der Waals surface area contributed by atoms with E-state index >= 15 is 0 Å². The highest BCUT2D eigenvalue weighted by Gasteiger charge is 2.29. The number of rotatable bonds is 5. The van der Waals surface area contributed by atoms with E-state index < -0.39 is 0 Å². The monoisotopic (exact) mass is 406 g/mol. The van der Waals surface area contributed by atoms with E-state index in [1.807, 2.05) is 6.07 Å². The van der Waals surface area contributed by atoms with Gasteiger partial charge in [-0.25, -0.2) is 0 Å². The SMILES string of the molecule is COc1cc(OC)c2c(-c3ccc(C)cc3)cn3c2c1C(C[N+](=O)[O-])CC/C=C\C3. The van der Waals surface area contributed by atoms with Crippen molar-refractivity contribution in [3.05, 3.63) is 69.9 Å². The lowest BCUT2D eigenvalue weighted by atomic mass is 9.90. The second kappa shape index (κ2) is 8.22. The Balaban J connectivity index is 2.08. The Hall–Kier alpha value is -3.28. The van der Waals surface area contributed by atoms with E-state index in [2.05, 4.69) is 54.1 Å². The van der Waals surface area contributed by atoms with E-state index in [0.717, 1.165) is 34.0 Å². The lowest BCUT2D eigenvalue weighted by molar-refractivity contribution is -0.483. The van der Waals surface area contributed by atoms with E-state index in [1.165, 1.54) is 5.56 Å². The fourth-order valence-electron chi connectivity index (χ4n) is 4.41. The number of hydrogen-bond donors (Lipinski definition) is 0. The first-order chi connectivity index (χ1) is 14.5. The molecule has 1 aliphatic rings. The molecule has 0 aliphatic carbocycles. The van der Waals surface area contributed by atoms with E-state index in [9.17, 15) is 10.1 Å². The number of allylic oxidation sites excluding steroid dienone is 2. The van der Waals surface area contributed by atoms with Gasteiger partial charge in [-0.05, 0) is 25.3 Å².